The number of hydrogen-bond acceptors (Lipinski definition) is 5. The molecule has 0 aromatic heterocycles. The Morgan fingerprint density at radius 1 is 1.39 bits per heavy atom. The zero-order valence-corrected chi connectivity index (χ0v) is 12.4. The molecule has 0 amide bonds. The first-order valence-electron chi connectivity index (χ1n) is 6.87. The fourth-order valence-electron chi connectivity index (χ4n) is 2.03. The molecule has 116 valence electrons. The van der Waals surface area contributed by atoms with Gasteiger partial charge in [0.05, 0.1) is 23.2 Å². The van der Waals surface area contributed by atoms with Crippen LogP contribution >= 0.6 is 0 Å². The molecule has 23 heavy (non-hydrogen) atoms. The fraction of sp³-hybridized carbons (Fsp3) is 0.118. The molecule has 2 aromatic rings. The average Bonchev–Trinajstić information content (AvgIpc) is 2.55. The number of non-ortho nitro benzene ring substituents is 1. The first-order valence-corrected chi connectivity index (χ1v) is 6.87. The van der Waals surface area contributed by atoms with E-state index in [1.807, 2.05) is 6.07 Å². The lowest BCUT2D eigenvalue weighted by atomic mass is 10.0. The summed E-state index contributed by atoms with van der Waals surface area (Å²) in [7, 11) is 0. The number of nitro benzene ring substituents is 1. The second-order valence-corrected chi connectivity index (χ2v) is 4.64. The Morgan fingerprint density at radius 2 is 2.17 bits per heavy atom. The van der Waals surface area contributed by atoms with Crippen LogP contribution in [0.1, 0.15) is 18.1 Å². The van der Waals surface area contributed by atoms with Crippen molar-refractivity contribution in [3.05, 3.63) is 63.7 Å². The molecule has 0 bridgehead atoms. The zero-order chi connectivity index (χ0) is 16.8. The summed E-state index contributed by atoms with van der Waals surface area (Å²) >= 11 is 0. The van der Waals surface area contributed by atoms with Crippen molar-refractivity contribution in [2.75, 3.05) is 6.61 Å². The minimum Gasteiger partial charge on any atom is -0.504 e. The standard InChI is InChI=1S/C17H14N2O4/c1-2-23-17-9-12(6-7-16(17)20)8-14(11-18)13-4-3-5-15(10-13)19(21)22/h3-10,20H,2H2,1H3. The molecule has 0 aliphatic rings. The van der Waals surface area contributed by atoms with Crippen molar-refractivity contribution < 1.29 is 14.8 Å². The molecule has 0 spiro atoms. The summed E-state index contributed by atoms with van der Waals surface area (Å²) in [6, 6.07) is 12.6. The molecular weight excluding hydrogens is 296 g/mol. The van der Waals surface area contributed by atoms with E-state index in [1.165, 1.54) is 24.3 Å². The number of benzene rings is 2. The van der Waals surface area contributed by atoms with Crippen LogP contribution in [0.25, 0.3) is 11.6 Å². The van der Waals surface area contributed by atoms with Crippen LogP contribution in [0.15, 0.2) is 42.5 Å². The highest BCUT2D eigenvalue weighted by molar-refractivity contribution is 5.90. The van der Waals surface area contributed by atoms with E-state index in [-0.39, 0.29) is 17.0 Å². The summed E-state index contributed by atoms with van der Waals surface area (Å²) in [5.41, 5.74) is 1.30. The summed E-state index contributed by atoms with van der Waals surface area (Å²) in [5.74, 6) is 0.329. The van der Waals surface area contributed by atoms with Crippen molar-refractivity contribution in [2.45, 2.75) is 6.92 Å². The SMILES string of the molecule is CCOc1cc(C=C(C#N)c2cccc([N+](=O)[O-])c2)ccc1O. The predicted molar refractivity (Wildman–Crippen MR) is 85.9 cm³/mol. The van der Waals surface area contributed by atoms with Gasteiger partial charge in [-0.15, -0.1) is 0 Å². The van der Waals surface area contributed by atoms with Gasteiger partial charge in [-0.25, -0.2) is 0 Å². The largest absolute Gasteiger partial charge is 0.504 e. The van der Waals surface area contributed by atoms with Crippen LogP contribution in [0.5, 0.6) is 11.5 Å². The van der Waals surface area contributed by atoms with Gasteiger partial charge in [-0.3, -0.25) is 10.1 Å². The number of phenolic OH excluding ortho intramolecular Hbond substituents is 1. The van der Waals surface area contributed by atoms with E-state index < -0.39 is 4.92 Å². The highest BCUT2D eigenvalue weighted by Gasteiger charge is 2.09. The Morgan fingerprint density at radius 3 is 2.83 bits per heavy atom. The summed E-state index contributed by atoms with van der Waals surface area (Å²) in [6.45, 7) is 2.20. The maximum absolute atomic E-state index is 10.8. The average molecular weight is 310 g/mol. The molecule has 1 N–H and O–H groups in total. The number of allylic oxidation sites excluding steroid dienone is 1. The van der Waals surface area contributed by atoms with Gasteiger partial charge in [0, 0.05) is 12.1 Å². The van der Waals surface area contributed by atoms with Crippen LogP contribution in [0.2, 0.25) is 0 Å². The Bertz CT molecular complexity index is 806. The maximum Gasteiger partial charge on any atom is 0.270 e. The second-order valence-electron chi connectivity index (χ2n) is 4.64. The lowest BCUT2D eigenvalue weighted by Gasteiger charge is -2.07. The molecule has 2 rings (SSSR count). The van der Waals surface area contributed by atoms with Gasteiger partial charge in [-0.05, 0) is 36.3 Å². The monoisotopic (exact) mass is 310 g/mol. The summed E-state index contributed by atoms with van der Waals surface area (Å²) in [4.78, 5) is 10.3. The molecule has 0 aliphatic heterocycles. The molecule has 2 aromatic carbocycles. The Labute approximate surface area is 133 Å². The van der Waals surface area contributed by atoms with E-state index in [4.69, 9.17) is 4.74 Å². The third-order valence-electron chi connectivity index (χ3n) is 3.08. The first kappa shape index (κ1) is 16.0. The van der Waals surface area contributed by atoms with Gasteiger partial charge in [-0.2, -0.15) is 5.26 Å². The molecule has 0 radical (unpaired) electrons. The number of nitro groups is 1. The van der Waals surface area contributed by atoms with Gasteiger partial charge in [0.1, 0.15) is 0 Å². The first-order chi connectivity index (χ1) is 11.0. The molecule has 0 aliphatic carbocycles. The number of nitrogens with zero attached hydrogens (tertiary/aromatic N) is 2. The summed E-state index contributed by atoms with van der Waals surface area (Å²) in [6.07, 6.45) is 1.58. The van der Waals surface area contributed by atoms with Crippen LogP contribution in [0, 0.1) is 21.4 Å². The van der Waals surface area contributed by atoms with Crippen molar-refractivity contribution in [1.82, 2.24) is 0 Å². The van der Waals surface area contributed by atoms with Crippen LogP contribution in [0.4, 0.5) is 5.69 Å². The number of ether oxygens (including phenoxy) is 1. The zero-order valence-electron chi connectivity index (χ0n) is 12.4. The van der Waals surface area contributed by atoms with E-state index in [2.05, 4.69) is 0 Å². The smallest absolute Gasteiger partial charge is 0.270 e. The summed E-state index contributed by atoms with van der Waals surface area (Å²) in [5, 5.41) is 29.9. The summed E-state index contributed by atoms with van der Waals surface area (Å²) < 4.78 is 5.30. The molecule has 6 heteroatoms. The topological polar surface area (TPSA) is 96.4 Å². The van der Waals surface area contributed by atoms with Crippen molar-refractivity contribution >= 4 is 17.3 Å². The lowest BCUT2D eigenvalue weighted by molar-refractivity contribution is -0.384. The number of hydrogen-bond donors (Lipinski definition) is 1. The molecule has 0 unspecified atom stereocenters. The highest BCUT2D eigenvalue weighted by Crippen LogP contribution is 2.29. The second kappa shape index (κ2) is 7.09. The molecule has 0 fully saturated rings. The fourth-order valence-corrected chi connectivity index (χ4v) is 2.03. The van der Waals surface area contributed by atoms with Crippen LogP contribution in [-0.2, 0) is 0 Å². The van der Waals surface area contributed by atoms with Crippen LogP contribution in [-0.4, -0.2) is 16.6 Å². The van der Waals surface area contributed by atoms with E-state index in [9.17, 15) is 20.5 Å². The van der Waals surface area contributed by atoms with Crippen molar-refractivity contribution in [3.63, 3.8) is 0 Å². The van der Waals surface area contributed by atoms with Crippen molar-refractivity contribution in [2.24, 2.45) is 0 Å². The molecule has 0 heterocycles. The van der Waals surface area contributed by atoms with E-state index in [0.29, 0.717) is 23.5 Å². The van der Waals surface area contributed by atoms with Crippen LogP contribution < -0.4 is 4.74 Å². The number of phenols is 1. The number of nitriles is 1. The van der Waals surface area contributed by atoms with Gasteiger partial charge in [-0.1, -0.05) is 18.2 Å². The van der Waals surface area contributed by atoms with Crippen molar-refractivity contribution in [1.29, 1.82) is 5.26 Å². The van der Waals surface area contributed by atoms with Crippen molar-refractivity contribution in [3.8, 4) is 17.6 Å². The minimum atomic E-state index is -0.508. The minimum absolute atomic E-state index is 0.0119. The molecule has 0 saturated heterocycles. The molecule has 6 nitrogen and oxygen atoms in total. The number of rotatable bonds is 5. The predicted octanol–water partition coefficient (Wildman–Crippen LogP) is 3.76. The number of aromatic hydroxyl groups is 1. The molecule has 0 atom stereocenters. The van der Waals surface area contributed by atoms with Gasteiger partial charge in [0.25, 0.3) is 5.69 Å². The molecular formula is C17H14N2O4. The van der Waals surface area contributed by atoms with E-state index in [1.54, 1.807) is 31.2 Å². The highest BCUT2D eigenvalue weighted by atomic mass is 16.6. The Balaban J connectivity index is 2.43. The van der Waals surface area contributed by atoms with Crippen LogP contribution in [0.3, 0.4) is 0 Å². The third kappa shape index (κ3) is 3.86. The van der Waals surface area contributed by atoms with Gasteiger partial charge >= 0.3 is 0 Å². The normalized spacial score (nSPS) is 10.9. The van der Waals surface area contributed by atoms with Gasteiger partial charge in [0.2, 0.25) is 0 Å². The maximum atomic E-state index is 10.8. The lowest BCUT2D eigenvalue weighted by Crippen LogP contribution is -1.92. The molecule has 0 saturated carbocycles. The van der Waals surface area contributed by atoms with E-state index in [0.717, 1.165) is 0 Å². The Hall–Kier alpha value is -3.33. The third-order valence-corrected chi connectivity index (χ3v) is 3.08. The van der Waals surface area contributed by atoms with Gasteiger partial charge < -0.3 is 9.84 Å². The quantitative estimate of drug-likeness (QED) is 0.392. The Kier molecular flexibility index (Phi) is 4.95. The van der Waals surface area contributed by atoms with E-state index >= 15 is 0 Å². The van der Waals surface area contributed by atoms with Gasteiger partial charge in [0.15, 0.2) is 11.5 Å².